The van der Waals surface area contributed by atoms with Crippen molar-refractivity contribution in [2.75, 3.05) is 11.1 Å². The minimum atomic E-state index is 0.269. The normalized spacial score (nSPS) is 10.6. The molecule has 4 heteroatoms. The predicted molar refractivity (Wildman–Crippen MR) is 74.3 cm³/mol. The molecule has 0 aliphatic rings. The van der Waals surface area contributed by atoms with E-state index in [1.165, 1.54) is 5.56 Å². The summed E-state index contributed by atoms with van der Waals surface area (Å²) in [5.74, 6) is 2.32. The summed E-state index contributed by atoms with van der Waals surface area (Å²) in [6.07, 6.45) is 0. The van der Waals surface area contributed by atoms with E-state index >= 15 is 0 Å². The van der Waals surface area contributed by atoms with Crippen molar-refractivity contribution in [3.63, 3.8) is 0 Å². The Morgan fingerprint density at radius 1 is 1.17 bits per heavy atom. The van der Waals surface area contributed by atoms with Crippen molar-refractivity contribution in [1.29, 1.82) is 0 Å². The third-order valence-electron chi connectivity index (χ3n) is 2.60. The van der Waals surface area contributed by atoms with Gasteiger partial charge >= 0.3 is 0 Å². The highest BCUT2D eigenvalue weighted by molar-refractivity contribution is 5.45. The molecule has 1 heterocycles. The highest BCUT2D eigenvalue weighted by Gasteiger charge is 2.06. The first-order chi connectivity index (χ1) is 8.65. The summed E-state index contributed by atoms with van der Waals surface area (Å²) < 4.78 is 0. The van der Waals surface area contributed by atoms with Crippen LogP contribution in [0.15, 0.2) is 36.4 Å². The van der Waals surface area contributed by atoms with E-state index in [2.05, 4.69) is 41.3 Å². The number of hydrogen-bond donors (Lipinski definition) is 2. The van der Waals surface area contributed by atoms with Crippen molar-refractivity contribution in [3.05, 3.63) is 47.8 Å². The van der Waals surface area contributed by atoms with Crippen LogP contribution in [0.2, 0.25) is 0 Å². The lowest BCUT2D eigenvalue weighted by molar-refractivity contribution is 0.777. The van der Waals surface area contributed by atoms with Crippen molar-refractivity contribution in [2.45, 2.75) is 26.3 Å². The van der Waals surface area contributed by atoms with Gasteiger partial charge < -0.3 is 11.1 Å². The molecule has 18 heavy (non-hydrogen) atoms. The molecular weight excluding hydrogens is 224 g/mol. The lowest BCUT2D eigenvalue weighted by atomic mass is 10.2. The second kappa shape index (κ2) is 5.49. The second-order valence-corrected chi connectivity index (χ2v) is 4.53. The smallest absolute Gasteiger partial charge is 0.135 e. The van der Waals surface area contributed by atoms with Gasteiger partial charge in [-0.15, -0.1) is 0 Å². The topological polar surface area (TPSA) is 63.8 Å². The summed E-state index contributed by atoms with van der Waals surface area (Å²) in [6.45, 7) is 4.83. The molecule has 0 amide bonds. The van der Waals surface area contributed by atoms with Crippen LogP contribution in [0, 0.1) is 0 Å². The van der Waals surface area contributed by atoms with E-state index in [-0.39, 0.29) is 5.92 Å². The van der Waals surface area contributed by atoms with E-state index in [0.29, 0.717) is 5.82 Å². The third kappa shape index (κ3) is 3.20. The fourth-order valence-corrected chi connectivity index (χ4v) is 1.62. The predicted octanol–water partition coefficient (Wildman–Crippen LogP) is 2.79. The van der Waals surface area contributed by atoms with Crippen LogP contribution in [0.3, 0.4) is 0 Å². The Balaban J connectivity index is 2.10. The van der Waals surface area contributed by atoms with E-state index in [0.717, 1.165) is 18.2 Å². The van der Waals surface area contributed by atoms with Gasteiger partial charge in [0, 0.05) is 18.5 Å². The van der Waals surface area contributed by atoms with Crippen molar-refractivity contribution in [2.24, 2.45) is 0 Å². The molecule has 1 aromatic carbocycles. The van der Waals surface area contributed by atoms with E-state index in [1.807, 2.05) is 18.2 Å². The third-order valence-corrected chi connectivity index (χ3v) is 2.60. The SMILES string of the molecule is CC(C)c1nc(N)cc(NCc2ccccc2)n1. The molecular formula is C14H18N4. The Bertz CT molecular complexity index is 508. The van der Waals surface area contributed by atoms with Crippen molar-refractivity contribution in [1.82, 2.24) is 9.97 Å². The number of benzene rings is 1. The van der Waals surface area contributed by atoms with E-state index in [1.54, 1.807) is 6.07 Å². The summed E-state index contributed by atoms with van der Waals surface area (Å²) in [6, 6.07) is 11.9. The zero-order valence-corrected chi connectivity index (χ0v) is 10.7. The molecule has 1 aromatic heterocycles. The zero-order valence-electron chi connectivity index (χ0n) is 10.7. The zero-order chi connectivity index (χ0) is 13.0. The lowest BCUT2D eigenvalue weighted by Gasteiger charge is -2.10. The highest BCUT2D eigenvalue weighted by Crippen LogP contribution is 2.15. The molecule has 0 aliphatic heterocycles. The van der Waals surface area contributed by atoms with Crippen LogP contribution >= 0.6 is 0 Å². The first-order valence-corrected chi connectivity index (χ1v) is 6.07. The summed E-state index contributed by atoms with van der Waals surface area (Å²) in [5.41, 5.74) is 6.98. The largest absolute Gasteiger partial charge is 0.384 e. The number of nitrogens with one attached hydrogen (secondary N) is 1. The Morgan fingerprint density at radius 3 is 2.56 bits per heavy atom. The minimum Gasteiger partial charge on any atom is -0.384 e. The maximum atomic E-state index is 5.78. The first-order valence-electron chi connectivity index (χ1n) is 6.07. The summed E-state index contributed by atoms with van der Waals surface area (Å²) >= 11 is 0. The monoisotopic (exact) mass is 242 g/mol. The van der Waals surface area contributed by atoms with E-state index in [9.17, 15) is 0 Å². The fraction of sp³-hybridized carbons (Fsp3) is 0.286. The molecule has 0 unspecified atom stereocenters. The van der Waals surface area contributed by atoms with Gasteiger partial charge in [-0.1, -0.05) is 44.2 Å². The number of aromatic nitrogens is 2. The van der Waals surface area contributed by atoms with E-state index < -0.39 is 0 Å². The van der Waals surface area contributed by atoms with Gasteiger partial charge in [-0.3, -0.25) is 0 Å². The number of rotatable bonds is 4. The molecule has 2 rings (SSSR count). The van der Waals surface area contributed by atoms with Gasteiger partial charge in [0.1, 0.15) is 17.5 Å². The molecule has 0 aliphatic carbocycles. The number of nitrogens with two attached hydrogens (primary N) is 1. The molecule has 0 saturated heterocycles. The maximum Gasteiger partial charge on any atom is 0.135 e. The van der Waals surface area contributed by atoms with Crippen LogP contribution in [-0.4, -0.2) is 9.97 Å². The van der Waals surface area contributed by atoms with Crippen LogP contribution in [0.4, 0.5) is 11.6 Å². The van der Waals surface area contributed by atoms with Crippen LogP contribution in [0.5, 0.6) is 0 Å². The summed E-state index contributed by atoms with van der Waals surface area (Å²) in [7, 11) is 0. The number of nitrogen functional groups attached to an aromatic ring is 1. The molecule has 4 nitrogen and oxygen atoms in total. The van der Waals surface area contributed by atoms with Gasteiger partial charge in [0.2, 0.25) is 0 Å². The van der Waals surface area contributed by atoms with Gasteiger partial charge in [0.15, 0.2) is 0 Å². The second-order valence-electron chi connectivity index (χ2n) is 4.53. The molecule has 2 aromatic rings. The Hall–Kier alpha value is -2.10. The molecule has 0 atom stereocenters. The van der Waals surface area contributed by atoms with Crippen LogP contribution in [-0.2, 0) is 6.54 Å². The molecule has 0 saturated carbocycles. The van der Waals surface area contributed by atoms with Crippen molar-refractivity contribution >= 4 is 11.6 Å². The van der Waals surface area contributed by atoms with Gasteiger partial charge in [-0.2, -0.15) is 0 Å². The maximum absolute atomic E-state index is 5.78. The molecule has 94 valence electrons. The van der Waals surface area contributed by atoms with Crippen molar-refractivity contribution < 1.29 is 0 Å². The molecule has 3 N–H and O–H groups in total. The average Bonchev–Trinajstić information content (AvgIpc) is 2.37. The lowest BCUT2D eigenvalue weighted by Crippen LogP contribution is -2.07. The standard InChI is InChI=1S/C14H18N4/c1-10(2)14-17-12(15)8-13(18-14)16-9-11-6-4-3-5-7-11/h3-8,10H,9H2,1-2H3,(H3,15,16,17,18). The van der Waals surface area contributed by atoms with Gasteiger partial charge in [-0.25, -0.2) is 9.97 Å². The molecule has 0 spiro atoms. The highest BCUT2D eigenvalue weighted by atomic mass is 15.0. The number of hydrogen-bond acceptors (Lipinski definition) is 4. The first kappa shape index (κ1) is 12.4. The Kier molecular flexibility index (Phi) is 3.77. The average molecular weight is 242 g/mol. The molecule has 0 fully saturated rings. The quantitative estimate of drug-likeness (QED) is 0.865. The molecule has 0 bridgehead atoms. The Labute approximate surface area is 107 Å². The van der Waals surface area contributed by atoms with Gasteiger partial charge in [0.05, 0.1) is 0 Å². The van der Waals surface area contributed by atoms with Crippen LogP contribution in [0.25, 0.3) is 0 Å². The van der Waals surface area contributed by atoms with Crippen LogP contribution < -0.4 is 11.1 Å². The van der Waals surface area contributed by atoms with Crippen LogP contribution in [0.1, 0.15) is 31.2 Å². The van der Waals surface area contributed by atoms with Crippen molar-refractivity contribution in [3.8, 4) is 0 Å². The van der Waals surface area contributed by atoms with E-state index in [4.69, 9.17) is 5.73 Å². The summed E-state index contributed by atoms with van der Waals surface area (Å²) in [4.78, 5) is 8.66. The number of anilines is 2. The minimum absolute atomic E-state index is 0.269. The van der Waals surface area contributed by atoms with Gasteiger partial charge in [0.25, 0.3) is 0 Å². The summed E-state index contributed by atoms with van der Waals surface area (Å²) in [5, 5.41) is 3.27. The number of nitrogens with zero attached hydrogens (tertiary/aromatic N) is 2. The van der Waals surface area contributed by atoms with Gasteiger partial charge in [-0.05, 0) is 5.56 Å². The fourth-order valence-electron chi connectivity index (χ4n) is 1.62. The Morgan fingerprint density at radius 2 is 1.89 bits per heavy atom. The molecule has 0 radical (unpaired) electrons.